The Balaban J connectivity index is 1.65. The van der Waals surface area contributed by atoms with Crippen LogP contribution in [0, 0.1) is 0 Å². The summed E-state index contributed by atoms with van der Waals surface area (Å²) in [5, 5.41) is 7.68. The number of halogens is 1. The molecule has 1 aliphatic rings. The van der Waals surface area contributed by atoms with E-state index in [0.717, 1.165) is 41.9 Å². The van der Waals surface area contributed by atoms with Gasteiger partial charge in [-0.1, -0.05) is 28.1 Å². The second-order valence-electron chi connectivity index (χ2n) is 4.61. The number of benzene rings is 1. The molecule has 2 heterocycles. The van der Waals surface area contributed by atoms with Gasteiger partial charge < -0.3 is 5.32 Å². The smallest absolute Gasteiger partial charge is 0.101 e. The first-order valence-electron chi connectivity index (χ1n) is 6.37. The highest BCUT2D eigenvalue weighted by Gasteiger charge is 2.07. The molecule has 0 saturated carbocycles. The first kappa shape index (κ1) is 12.4. The van der Waals surface area contributed by atoms with E-state index in [-0.39, 0.29) is 0 Å². The summed E-state index contributed by atoms with van der Waals surface area (Å²) in [6, 6.07) is 8.29. The van der Waals surface area contributed by atoms with Gasteiger partial charge in [-0.25, -0.2) is 0 Å². The van der Waals surface area contributed by atoms with E-state index < -0.39 is 0 Å². The van der Waals surface area contributed by atoms with E-state index in [1.54, 1.807) is 0 Å². The number of aliphatic imine (C=N–C) groups is 1. The maximum absolute atomic E-state index is 4.40. The Bertz CT molecular complexity index is 586. The van der Waals surface area contributed by atoms with Gasteiger partial charge in [0.25, 0.3) is 0 Å². The quantitative estimate of drug-likeness (QED) is 0.943. The second-order valence-corrected chi connectivity index (χ2v) is 5.53. The molecule has 5 heteroatoms. The van der Waals surface area contributed by atoms with Crippen molar-refractivity contribution >= 4 is 27.5 Å². The van der Waals surface area contributed by atoms with Crippen LogP contribution in [0.25, 0.3) is 0 Å². The lowest BCUT2D eigenvalue weighted by Crippen LogP contribution is -2.07. The number of aromatic nitrogens is 2. The lowest BCUT2D eigenvalue weighted by Gasteiger charge is -2.03. The summed E-state index contributed by atoms with van der Waals surface area (Å²) < 4.78 is 3.03. The van der Waals surface area contributed by atoms with Crippen LogP contribution in [0.5, 0.6) is 0 Å². The predicted octanol–water partition coefficient (Wildman–Crippen LogP) is 3.30. The lowest BCUT2D eigenvalue weighted by molar-refractivity contribution is 0.687. The zero-order chi connectivity index (χ0) is 13.1. The summed E-state index contributed by atoms with van der Waals surface area (Å²) in [5.74, 6) is 1.07. The van der Waals surface area contributed by atoms with Crippen molar-refractivity contribution in [3.63, 3.8) is 0 Å². The van der Waals surface area contributed by atoms with Gasteiger partial charge in [-0.15, -0.1) is 0 Å². The maximum Gasteiger partial charge on any atom is 0.101 e. The predicted molar refractivity (Wildman–Crippen MR) is 80.6 cm³/mol. The van der Waals surface area contributed by atoms with Crippen LogP contribution in [0.3, 0.4) is 0 Å². The Hall–Kier alpha value is -1.62. The van der Waals surface area contributed by atoms with E-state index in [1.807, 2.05) is 29.2 Å². The molecular formula is C14H15BrN4. The molecule has 0 aliphatic carbocycles. The van der Waals surface area contributed by atoms with Gasteiger partial charge in [-0.05, 0) is 24.1 Å². The lowest BCUT2D eigenvalue weighted by atomic mass is 10.2. The minimum atomic E-state index is 0.779. The molecule has 0 atom stereocenters. The van der Waals surface area contributed by atoms with E-state index >= 15 is 0 Å². The molecule has 0 bridgehead atoms. The van der Waals surface area contributed by atoms with Gasteiger partial charge in [-0.3, -0.25) is 9.67 Å². The SMILES string of the molecule is Brc1ccc(Cn2cc(NC3=NCCC3)cn2)cc1. The number of hydrogen-bond acceptors (Lipinski definition) is 3. The van der Waals surface area contributed by atoms with Crippen LogP contribution >= 0.6 is 15.9 Å². The Kier molecular flexibility index (Phi) is 3.64. The minimum Gasteiger partial charge on any atom is -0.342 e. The van der Waals surface area contributed by atoms with Gasteiger partial charge >= 0.3 is 0 Å². The van der Waals surface area contributed by atoms with E-state index in [4.69, 9.17) is 0 Å². The van der Waals surface area contributed by atoms with Gasteiger partial charge in [0.1, 0.15) is 5.84 Å². The maximum atomic E-state index is 4.40. The normalized spacial score (nSPS) is 14.5. The highest BCUT2D eigenvalue weighted by molar-refractivity contribution is 9.10. The molecule has 4 nitrogen and oxygen atoms in total. The van der Waals surface area contributed by atoms with Crippen molar-refractivity contribution in [3.05, 3.63) is 46.7 Å². The largest absolute Gasteiger partial charge is 0.342 e. The Morgan fingerprint density at radius 2 is 2.11 bits per heavy atom. The average molecular weight is 319 g/mol. The molecule has 98 valence electrons. The molecule has 1 aromatic carbocycles. The summed E-state index contributed by atoms with van der Waals surface area (Å²) in [4.78, 5) is 4.40. The summed E-state index contributed by atoms with van der Waals surface area (Å²) >= 11 is 3.44. The van der Waals surface area contributed by atoms with Crippen LogP contribution in [0.4, 0.5) is 5.69 Å². The van der Waals surface area contributed by atoms with Gasteiger partial charge in [0, 0.05) is 23.6 Å². The molecule has 1 N–H and O–H groups in total. The molecule has 3 rings (SSSR count). The average Bonchev–Trinajstić information content (AvgIpc) is 3.05. The number of nitrogens with zero attached hydrogens (tertiary/aromatic N) is 3. The third-order valence-electron chi connectivity index (χ3n) is 3.05. The standard InChI is InChI=1S/C14H15BrN4/c15-12-5-3-11(4-6-12)9-19-10-13(8-17-19)18-14-2-1-7-16-14/h3-6,8,10H,1-2,7,9H2,(H,16,18). The van der Waals surface area contributed by atoms with Crippen molar-refractivity contribution in [1.82, 2.24) is 9.78 Å². The highest BCUT2D eigenvalue weighted by atomic mass is 79.9. The first-order chi connectivity index (χ1) is 9.29. The highest BCUT2D eigenvalue weighted by Crippen LogP contribution is 2.14. The van der Waals surface area contributed by atoms with Crippen molar-refractivity contribution in [2.24, 2.45) is 4.99 Å². The topological polar surface area (TPSA) is 42.2 Å². The third-order valence-corrected chi connectivity index (χ3v) is 3.58. The van der Waals surface area contributed by atoms with E-state index in [0.29, 0.717) is 0 Å². The Morgan fingerprint density at radius 3 is 2.84 bits per heavy atom. The van der Waals surface area contributed by atoms with Gasteiger partial charge in [0.05, 0.1) is 18.4 Å². The van der Waals surface area contributed by atoms with Gasteiger partial charge in [0.2, 0.25) is 0 Å². The zero-order valence-electron chi connectivity index (χ0n) is 10.5. The minimum absolute atomic E-state index is 0.779. The third kappa shape index (κ3) is 3.23. The molecule has 0 amide bonds. The monoisotopic (exact) mass is 318 g/mol. The van der Waals surface area contributed by atoms with Gasteiger partial charge in [0.15, 0.2) is 0 Å². The number of hydrogen-bond donors (Lipinski definition) is 1. The van der Waals surface area contributed by atoms with Crippen molar-refractivity contribution in [2.45, 2.75) is 19.4 Å². The molecule has 1 aromatic heterocycles. The fourth-order valence-corrected chi connectivity index (χ4v) is 2.36. The molecule has 0 fully saturated rings. The van der Waals surface area contributed by atoms with Crippen molar-refractivity contribution in [3.8, 4) is 0 Å². The van der Waals surface area contributed by atoms with Crippen molar-refractivity contribution in [1.29, 1.82) is 0 Å². The number of nitrogens with one attached hydrogen (secondary N) is 1. The molecule has 2 aromatic rings. The number of amidine groups is 1. The zero-order valence-corrected chi connectivity index (χ0v) is 12.1. The van der Waals surface area contributed by atoms with E-state index in [9.17, 15) is 0 Å². The van der Waals surface area contributed by atoms with Crippen LogP contribution in [0.2, 0.25) is 0 Å². The van der Waals surface area contributed by atoms with Crippen LogP contribution in [0.1, 0.15) is 18.4 Å². The van der Waals surface area contributed by atoms with Gasteiger partial charge in [-0.2, -0.15) is 5.10 Å². The summed E-state index contributed by atoms with van der Waals surface area (Å²) in [7, 11) is 0. The molecule has 19 heavy (non-hydrogen) atoms. The van der Waals surface area contributed by atoms with E-state index in [2.05, 4.69) is 43.5 Å². The van der Waals surface area contributed by atoms with Crippen LogP contribution < -0.4 is 5.32 Å². The van der Waals surface area contributed by atoms with Crippen LogP contribution in [-0.4, -0.2) is 22.2 Å². The first-order valence-corrected chi connectivity index (χ1v) is 7.16. The summed E-state index contributed by atoms with van der Waals surface area (Å²) in [5.41, 5.74) is 2.24. The molecule has 0 saturated heterocycles. The number of rotatable bonds is 3. The Morgan fingerprint density at radius 1 is 1.26 bits per heavy atom. The van der Waals surface area contributed by atoms with Crippen molar-refractivity contribution in [2.75, 3.05) is 11.9 Å². The van der Waals surface area contributed by atoms with Crippen LogP contribution in [0.15, 0.2) is 46.1 Å². The molecule has 0 spiro atoms. The number of anilines is 1. The van der Waals surface area contributed by atoms with Crippen LogP contribution in [-0.2, 0) is 6.54 Å². The molecule has 0 radical (unpaired) electrons. The van der Waals surface area contributed by atoms with Crippen molar-refractivity contribution < 1.29 is 0 Å². The summed E-state index contributed by atoms with van der Waals surface area (Å²) in [6.07, 6.45) is 6.05. The Labute approximate surface area is 120 Å². The fourth-order valence-electron chi connectivity index (χ4n) is 2.10. The fraction of sp³-hybridized carbons (Fsp3) is 0.286. The molecule has 1 aliphatic heterocycles. The second kappa shape index (κ2) is 5.57. The molecule has 0 unspecified atom stereocenters. The van der Waals surface area contributed by atoms with E-state index in [1.165, 1.54) is 5.56 Å². The molecular weight excluding hydrogens is 304 g/mol. The summed E-state index contributed by atoms with van der Waals surface area (Å²) in [6.45, 7) is 1.72.